The lowest BCUT2D eigenvalue weighted by molar-refractivity contribution is -0.386. The van der Waals surface area contributed by atoms with E-state index in [-0.39, 0.29) is 5.69 Å². The Morgan fingerprint density at radius 2 is 2.18 bits per heavy atom. The molecule has 90 valence electrons. The van der Waals surface area contributed by atoms with Gasteiger partial charge in [-0.3, -0.25) is 14.8 Å². The SMILES string of the molecule is Cc1nn(Cc2nnc(Cl)s2)c(C)c1[N+](=O)[O-]. The smallest absolute Gasteiger partial charge is 0.258 e. The van der Waals surface area contributed by atoms with Crippen molar-refractivity contribution < 1.29 is 4.92 Å². The summed E-state index contributed by atoms with van der Waals surface area (Å²) in [7, 11) is 0. The number of rotatable bonds is 3. The molecule has 2 aromatic heterocycles. The Morgan fingerprint density at radius 3 is 2.65 bits per heavy atom. The summed E-state index contributed by atoms with van der Waals surface area (Å²) in [6.07, 6.45) is 0. The van der Waals surface area contributed by atoms with Gasteiger partial charge >= 0.3 is 5.69 Å². The average molecular weight is 274 g/mol. The van der Waals surface area contributed by atoms with Gasteiger partial charge in [0.2, 0.25) is 4.47 Å². The van der Waals surface area contributed by atoms with Crippen LogP contribution >= 0.6 is 22.9 Å². The summed E-state index contributed by atoms with van der Waals surface area (Å²) in [6.45, 7) is 3.60. The number of nitro groups is 1. The van der Waals surface area contributed by atoms with Crippen molar-refractivity contribution in [3.05, 3.63) is 31.0 Å². The van der Waals surface area contributed by atoms with Crippen LogP contribution in [0.5, 0.6) is 0 Å². The van der Waals surface area contributed by atoms with Gasteiger partial charge in [0.15, 0.2) is 0 Å². The molecule has 0 aliphatic heterocycles. The molecule has 0 unspecified atom stereocenters. The van der Waals surface area contributed by atoms with Gasteiger partial charge in [-0.1, -0.05) is 11.3 Å². The second-order valence-corrected chi connectivity index (χ2v) is 5.03. The number of aryl methyl sites for hydroxylation is 1. The van der Waals surface area contributed by atoms with Crippen LogP contribution in [-0.4, -0.2) is 24.9 Å². The Hall–Kier alpha value is -1.54. The number of aromatic nitrogens is 4. The second-order valence-electron chi connectivity index (χ2n) is 3.38. The van der Waals surface area contributed by atoms with Crippen LogP contribution < -0.4 is 0 Å². The highest BCUT2D eigenvalue weighted by molar-refractivity contribution is 7.15. The predicted molar refractivity (Wildman–Crippen MR) is 62.4 cm³/mol. The van der Waals surface area contributed by atoms with E-state index in [1.54, 1.807) is 13.8 Å². The Balaban J connectivity index is 2.34. The molecular weight excluding hydrogens is 266 g/mol. The third-order valence-corrected chi connectivity index (χ3v) is 3.26. The zero-order valence-corrected chi connectivity index (χ0v) is 10.6. The van der Waals surface area contributed by atoms with Gasteiger partial charge in [-0.15, -0.1) is 10.2 Å². The highest BCUT2D eigenvalue weighted by Gasteiger charge is 2.22. The summed E-state index contributed by atoms with van der Waals surface area (Å²) >= 11 is 6.89. The van der Waals surface area contributed by atoms with Crippen LogP contribution in [0.1, 0.15) is 16.4 Å². The van der Waals surface area contributed by atoms with Crippen molar-refractivity contribution >= 4 is 28.6 Å². The minimum absolute atomic E-state index is 0.0422. The van der Waals surface area contributed by atoms with E-state index in [4.69, 9.17) is 11.6 Å². The summed E-state index contributed by atoms with van der Waals surface area (Å²) < 4.78 is 1.88. The molecule has 0 aliphatic carbocycles. The molecule has 0 fully saturated rings. The number of nitrogens with zero attached hydrogens (tertiary/aromatic N) is 5. The van der Waals surface area contributed by atoms with Crippen molar-refractivity contribution in [1.29, 1.82) is 0 Å². The Labute approximate surface area is 105 Å². The maximum absolute atomic E-state index is 10.8. The minimum Gasteiger partial charge on any atom is -0.258 e. The van der Waals surface area contributed by atoms with Crippen LogP contribution in [0.4, 0.5) is 5.69 Å². The molecule has 0 bridgehead atoms. The largest absolute Gasteiger partial charge is 0.312 e. The zero-order chi connectivity index (χ0) is 12.6. The number of hydrogen-bond donors (Lipinski definition) is 0. The van der Waals surface area contributed by atoms with Crippen LogP contribution in [0.3, 0.4) is 0 Å². The van der Waals surface area contributed by atoms with Crippen LogP contribution in [0.2, 0.25) is 4.47 Å². The first-order valence-electron chi connectivity index (χ1n) is 4.65. The first kappa shape index (κ1) is 11.9. The molecule has 0 atom stereocenters. The van der Waals surface area contributed by atoms with E-state index in [0.29, 0.717) is 27.4 Å². The van der Waals surface area contributed by atoms with Gasteiger partial charge in [-0.2, -0.15) is 5.10 Å². The van der Waals surface area contributed by atoms with E-state index in [9.17, 15) is 10.1 Å². The van der Waals surface area contributed by atoms with Crippen LogP contribution in [0.15, 0.2) is 0 Å². The molecule has 2 rings (SSSR count). The van der Waals surface area contributed by atoms with E-state index >= 15 is 0 Å². The van der Waals surface area contributed by atoms with Crippen LogP contribution in [-0.2, 0) is 6.54 Å². The van der Waals surface area contributed by atoms with Crippen molar-refractivity contribution in [3.8, 4) is 0 Å². The average Bonchev–Trinajstić information content (AvgIpc) is 2.73. The molecule has 2 aromatic rings. The van der Waals surface area contributed by atoms with Crippen molar-refractivity contribution in [2.75, 3.05) is 0 Å². The normalized spacial score (nSPS) is 10.8. The summed E-state index contributed by atoms with van der Waals surface area (Å²) in [5, 5.41) is 23.1. The van der Waals surface area contributed by atoms with Gasteiger partial charge in [-0.25, -0.2) is 0 Å². The molecule has 0 spiro atoms. The van der Waals surface area contributed by atoms with Crippen molar-refractivity contribution in [2.45, 2.75) is 20.4 Å². The van der Waals surface area contributed by atoms with Gasteiger partial charge in [0.25, 0.3) is 0 Å². The monoisotopic (exact) mass is 273 g/mol. The van der Waals surface area contributed by atoms with Gasteiger partial charge in [-0.05, 0) is 25.4 Å². The molecule has 17 heavy (non-hydrogen) atoms. The Kier molecular flexibility index (Phi) is 3.07. The number of halogens is 1. The van der Waals surface area contributed by atoms with Gasteiger partial charge in [0.05, 0.1) is 11.5 Å². The Morgan fingerprint density at radius 1 is 1.47 bits per heavy atom. The summed E-state index contributed by atoms with van der Waals surface area (Å²) in [5.41, 5.74) is 0.933. The highest BCUT2D eigenvalue weighted by atomic mass is 35.5. The molecule has 0 saturated heterocycles. The standard InChI is InChI=1S/C8H8ClN5O2S/c1-4-7(14(15)16)5(2)13(12-4)3-6-10-11-8(9)17-6/h3H2,1-2H3. The van der Waals surface area contributed by atoms with Gasteiger partial charge in [0, 0.05) is 0 Å². The molecule has 9 heteroatoms. The first-order valence-corrected chi connectivity index (χ1v) is 5.84. The van der Waals surface area contributed by atoms with E-state index in [0.717, 1.165) is 0 Å². The molecule has 7 nitrogen and oxygen atoms in total. The van der Waals surface area contributed by atoms with E-state index in [1.165, 1.54) is 16.0 Å². The molecule has 0 saturated carbocycles. The topological polar surface area (TPSA) is 86.7 Å². The molecule has 0 aliphatic rings. The van der Waals surface area contributed by atoms with Gasteiger partial charge in [0.1, 0.15) is 16.4 Å². The molecule has 0 amide bonds. The third kappa shape index (κ3) is 2.27. The molecule has 0 N–H and O–H groups in total. The van der Waals surface area contributed by atoms with Gasteiger partial charge < -0.3 is 0 Å². The fourth-order valence-corrected chi connectivity index (χ4v) is 2.38. The van der Waals surface area contributed by atoms with Crippen LogP contribution in [0.25, 0.3) is 0 Å². The minimum atomic E-state index is -0.429. The third-order valence-electron chi connectivity index (χ3n) is 2.25. The van der Waals surface area contributed by atoms with E-state index < -0.39 is 4.92 Å². The highest BCUT2D eigenvalue weighted by Crippen LogP contribution is 2.23. The van der Waals surface area contributed by atoms with E-state index in [2.05, 4.69) is 15.3 Å². The number of hydrogen-bond acceptors (Lipinski definition) is 6. The predicted octanol–water partition coefficient (Wildman–Crippen LogP) is 1.96. The van der Waals surface area contributed by atoms with Crippen molar-refractivity contribution in [1.82, 2.24) is 20.0 Å². The zero-order valence-electron chi connectivity index (χ0n) is 9.05. The summed E-state index contributed by atoms with van der Waals surface area (Å²) in [4.78, 5) is 10.4. The lowest BCUT2D eigenvalue weighted by Crippen LogP contribution is -2.04. The lowest BCUT2D eigenvalue weighted by Gasteiger charge is -1.98. The van der Waals surface area contributed by atoms with Crippen molar-refractivity contribution in [3.63, 3.8) is 0 Å². The maximum Gasteiger partial charge on any atom is 0.312 e. The molecule has 0 radical (unpaired) electrons. The van der Waals surface area contributed by atoms with Crippen LogP contribution in [0, 0.1) is 24.0 Å². The second kappa shape index (κ2) is 4.38. The molecule has 0 aromatic carbocycles. The summed E-state index contributed by atoms with van der Waals surface area (Å²) in [6, 6.07) is 0. The maximum atomic E-state index is 10.8. The Bertz CT molecular complexity index is 578. The fourth-order valence-electron chi connectivity index (χ4n) is 1.53. The summed E-state index contributed by atoms with van der Waals surface area (Å²) in [5.74, 6) is 0. The van der Waals surface area contributed by atoms with Crippen molar-refractivity contribution in [2.24, 2.45) is 0 Å². The fraction of sp³-hybridized carbons (Fsp3) is 0.375. The molecule has 2 heterocycles. The molecular formula is C8H8ClN5O2S. The van der Waals surface area contributed by atoms with E-state index in [1.807, 2.05) is 0 Å². The lowest BCUT2D eigenvalue weighted by atomic mass is 10.3. The quantitative estimate of drug-likeness (QED) is 0.630. The first-order chi connectivity index (χ1) is 7.99.